The van der Waals surface area contributed by atoms with E-state index in [-0.39, 0.29) is 88.4 Å². The minimum atomic E-state index is -1.24. The number of carbonyl (C=O) groups excluding carboxylic acids is 5. The number of benzene rings is 3. The van der Waals surface area contributed by atoms with E-state index in [4.69, 9.17) is 36.6 Å². The van der Waals surface area contributed by atoms with Gasteiger partial charge in [0.05, 0.1) is 29.1 Å². The van der Waals surface area contributed by atoms with Crippen molar-refractivity contribution in [3.8, 4) is 28.7 Å². The van der Waals surface area contributed by atoms with E-state index in [0.717, 1.165) is 18.8 Å². The Kier molecular flexibility index (Phi) is 18.6. The highest BCUT2D eigenvalue weighted by Gasteiger charge is 2.37. The van der Waals surface area contributed by atoms with Gasteiger partial charge in [-0.3, -0.25) is 24.0 Å². The second-order valence-electron chi connectivity index (χ2n) is 19.9. The number of likely N-dealkylation sites (N-methyl/N-ethyl adjacent to an activating group) is 1. The number of amides is 2. The lowest BCUT2D eigenvalue weighted by atomic mass is 9.87. The number of aromatic nitrogens is 2. The molecule has 2 aliphatic rings. The summed E-state index contributed by atoms with van der Waals surface area (Å²) < 4.78 is 12.3. The molecular formula is C55H72N10O7. The number of Topliss-reactive ketones (excluding diaryl/α,β-unsaturated/α-hetero) is 3. The number of hydrogen-bond acceptors (Lipinski definition) is 15. The fraction of sp³-hybridized carbons (Fsp3) is 0.491. The maximum atomic E-state index is 14.9. The highest BCUT2D eigenvalue weighted by molar-refractivity contribution is 6.01. The fourth-order valence-corrected chi connectivity index (χ4v) is 9.55. The Hall–Kier alpha value is -6.74. The van der Waals surface area contributed by atoms with Crippen molar-refractivity contribution < 1.29 is 33.4 Å². The van der Waals surface area contributed by atoms with E-state index in [1.54, 1.807) is 51.1 Å². The number of nitrogens with two attached hydrogens (primary N) is 3. The number of nitrogens with one attached hydrogen (secondary N) is 1. The largest absolute Gasteiger partial charge is 0.492 e. The molecule has 7 N–H and O–H groups in total. The summed E-state index contributed by atoms with van der Waals surface area (Å²) in [7, 11) is 1.51. The van der Waals surface area contributed by atoms with Gasteiger partial charge in [0.25, 0.3) is 0 Å². The lowest BCUT2D eigenvalue weighted by Gasteiger charge is -2.36. The zero-order valence-electron chi connectivity index (χ0n) is 43.0. The fourth-order valence-electron chi connectivity index (χ4n) is 9.55. The third-order valence-corrected chi connectivity index (χ3v) is 13.5. The van der Waals surface area contributed by atoms with Crippen LogP contribution in [0.3, 0.4) is 0 Å². The average Bonchev–Trinajstić information content (AvgIpc) is 3.35. The monoisotopic (exact) mass is 985 g/mol. The highest BCUT2D eigenvalue weighted by Crippen LogP contribution is 2.41. The molecule has 1 fully saturated rings. The molecule has 1 aromatic heterocycles. The molecule has 0 unspecified atom stereocenters. The van der Waals surface area contributed by atoms with Crippen molar-refractivity contribution in [1.82, 2.24) is 20.2 Å². The van der Waals surface area contributed by atoms with Gasteiger partial charge in [-0.15, -0.1) is 0 Å². The van der Waals surface area contributed by atoms with Crippen molar-refractivity contribution in [1.29, 1.82) is 5.26 Å². The maximum Gasteiger partial charge on any atom is 0.226 e. The summed E-state index contributed by atoms with van der Waals surface area (Å²) in [4.78, 5) is 87.0. The topological polar surface area (TPSA) is 253 Å². The second kappa shape index (κ2) is 24.6. The van der Waals surface area contributed by atoms with Crippen LogP contribution in [0.2, 0.25) is 0 Å². The van der Waals surface area contributed by atoms with Crippen molar-refractivity contribution in [2.24, 2.45) is 29.0 Å². The van der Waals surface area contributed by atoms with Crippen molar-refractivity contribution in [2.75, 3.05) is 75.9 Å². The van der Waals surface area contributed by atoms with Crippen molar-refractivity contribution in [3.63, 3.8) is 0 Å². The number of hydrogen-bond donors (Lipinski definition) is 4. The third-order valence-electron chi connectivity index (χ3n) is 13.5. The second-order valence-corrected chi connectivity index (χ2v) is 19.9. The van der Waals surface area contributed by atoms with E-state index >= 15 is 0 Å². The molecule has 4 aromatic rings. The first-order valence-corrected chi connectivity index (χ1v) is 25.0. The molecule has 0 spiro atoms. The SMILES string of the molecule is Cc1nc(N2CCN(c3ccc(C(C)(C)C)cc3)CC2)nc(C)c1C(=O)C[C@@H](CCN)C(=O)N(C)[C@@H]1C(=O)C[C@@H](C)C(=O)N[C@H](C(=O)CCC#N)Cc2ccc(OCCN)c(c2)-c2cc1ccc2OCCN. The Balaban J connectivity index is 1.30. The van der Waals surface area contributed by atoms with Gasteiger partial charge in [0.2, 0.25) is 17.8 Å². The van der Waals surface area contributed by atoms with Gasteiger partial charge in [-0.25, -0.2) is 9.97 Å². The molecule has 3 aromatic carbocycles. The summed E-state index contributed by atoms with van der Waals surface area (Å²) in [5.41, 5.74) is 23.9. The van der Waals surface area contributed by atoms with Gasteiger partial charge in [0, 0.05) is 101 Å². The van der Waals surface area contributed by atoms with Crippen LogP contribution < -0.4 is 41.8 Å². The van der Waals surface area contributed by atoms with Gasteiger partial charge in [0.1, 0.15) is 30.8 Å². The Morgan fingerprint density at radius 2 is 1.44 bits per heavy atom. The van der Waals surface area contributed by atoms with Gasteiger partial charge in [-0.05, 0) is 91.7 Å². The summed E-state index contributed by atoms with van der Waals surface area (Å²) in [5, 5.41) is 12.1. The first-order chi connectivity index (χ1) is 34.4. The molecular weight excluding hydrogens is 913 g/mol. The Bertz CT molecular complexity index is 2610. The van der Waals surface area contributed by atoms with E-state index in [0.29, 0.717) is 69.7 Å². The minimum absolute atomic E-state index is 0.0320. The van der Waals surface area contributed by atoms with E-state index in [2.05, 4.69) is 60.2 Å². The standard InChI is InChI=1S/C55H72N10O7/c1-34-29-47(68)51(38-11-17-49(72-28-22-59)43(32-38)42-30-37(10-16-48(42)71-27-21-58)31-44(62-52(34)69)45(66)9-8-19-56)63(7)53(70)39(18-20-57)33-46(67)50-35(2)60-54(61-36(50)3)65-25-23-64(24-26-65)41-14-12-40(13-15-41)55(4,5)6/h10-17,30,32,34,39,44,51H,8-9,18,20-29,31,33,57-59H2,1-7H3,(H,62,69)/t34-,39-,44+,51+/m1/s1. The number of nitriles is 1. The molecule has 2 amide bonds. The summed E-state index contributed by atoms with van der Waals surface area (Å²) in [6.45, 7) is 15.6. The van der Waals surface area contributed by atoms with Gasteiger partial charge in [0.15, 0.2) is 17.3 Å². The molecule has 72 heavy (non-hydrogen) atoms. The molecule has 1 saturated heterocycles. The first-order valence-electron chi connectivity index (χ1n) is 25.0. The van der Waals surface area contributed by atoms with Crippen LogP contribution in [0, 0.1) is 37.0 Å². The molecule has 2 aliphatic heterocycles. The molecule has 0 aliphatic carbocycles. The average molecular weight is 985 g/mol. The number of aryl methyl sites for hydroxylation is 2. The number of ketones is 3. The lowest BCUT2D eigenvalue weighted by molar-refractivity contribution is -0.142. The smallest absolute Gasteiger partial charge is 0.226 e. The van der Waals surface area contributed by atoms with Crippen LogP contribution in [-0.2, 0) is 31.0 Å². The van der Waals surface area contributed by atoms with Crippen LogP contribution in [0.15, 0.2) is 60.7 Å². The van der Waals surface area contributed by atoms with Gasteiger partial charge < -0.3 is 46.7 Å². The van der Waals surface area contributed by atoms with E-state index in [1.165, 1.54) is 17.5 Å². The van der Waals surface area contributed by atoms with Gasteiger partial charge >= 0.3 is 0 Å². The molecule has 384 valence electrons. The van der Waals surface area contributed by atoms with Crippen molar-refractivity contribution in [2.45, 2.75) is 97.6 Å². The minimum Gasteiger partial charge on any atom is -0.492 e. The van der Waals surface area contributed by atoms with Gasteiger partial charge in [-0.1, -0.05) is 52.0 Å². The summed E-state index contributed by atoms with van der Waals surface area (Å²) in [5.74, 6) is -2.60. The first kappa shape index (κ1) is 54.6. The predicted molar refractivity (Wildman–Crippen MR) is 278 cm³/mol. The van der Waals surface area contributed by atoms with Crippen LogP contribution in [0.1, 0.15) is 104 Å². The Morgan fingerprint density at radius 3 is 2.03 bits per heavy atom. The number of rotatable bonds is 18. The number of fused-ring (bicyclic) bond motifs is 5. The zero-order valence-corrected chi connectivity index (χ0v) is 43.0. The quantitative estimate of drug-likeness (QED) is 0.0923. The summed E-state index contributed by atoms with van der Waals surface area (Å²) in [6.07, 6.45) is -0.390. The summed E-state index contributed by atoms with van der Waals surface area (Å²) >= 11 is 0. The highest BCUT2D eigenvalue weighted by atomic mass is 16.5. The Morgan fingerprint density at radius 1 is 0.847 bits per heavy atom. The third kappa shape index (κ3) is 13.2. The van der Waals surface area contributed by atoms with Crippen LogP contribution in [0.5, 0.6) is 11.5 Å². The van der Waals surface area contributed by atoms with Crippen LogP contribution >= 0.6 is 0 Å². The number of ether oxygens (including phenoxy) is 2. The van der Waals surface area contributed by atoms with Gasteiger partial charge in [-0.2, -0.15) is 5.26 Å². The number of anilines is 2. The molecule has 0 saturated carbocycles. The molecule has 0 radical (unpaired) electrons. The number of piperazine rings is 1. The van der Waals surface area contributed by atoms with E-state index in [1.807, 2.05) is 12.1 Å². The van der Waals surface area contributed by atoms with E-state index in [9.17, 15) is 29.2 Å². The molecule has 6 rings (SSSR count). The predicted octanol–water partition coefficient (Wildman–Crippen LogP) is 5.31. The summed E-state index contributed by atoms with van der Waals surface area (Å²) in [6, 6.07) is 19.0. The van der Waals surface area contributed by atoms with Crippen LogP contribution in [0.25, 0.3) is 11.1 Å². The normalized spacial score (nSPS) is 17.8. The molecule has 17 nitrogen and oxygen atoms in total. The number of carbonyl (C=O) groups is 5. The van der Waals surface area contributed by atoms with E-state index < -0.39 is 41.5 Å². The van der Waals surface area contributed by atoms with Crippen LogP contribution in [0.4, 0.5) is 11.6 Å². The zero-order chi connectivity index (χ0) is 52.3. The molecule has 4 bridgehead atoms. The lowest BCUT2D eigenvalue weighted by Crippen LogP contribution is -2.47. The van der Waals surface area contributed by atoms with Crippen molar-refractivity contribution >= 4 is 40.8 Å². The molecule has 3 heterocycles. The molecule has 17 heteroatoms. The number of nitrogens with zero attached hydrogens (tertiary/aromatic N) is 6. The van der Waals surface area contributed by atoms with Crippen LogP contribution in [-0.4, -0.2) is 116 Å². The maximum absolute atomic E-state index is 14.9. The van der Waals surface area contributed by atoms with Crippen molar-refractivity contribution in [3.05, 3.63) is 94.3 Å². The Labute approximate surface area is 423 Å². The molecule has 4 atom stereocenters.